The van der Waals surface area contributed by atoms with Gasteiger partial charge in [-0.05, 0) is 57.0 Å². The molecule has 0 aromatic heterocycles. The lowest BCUT2D eigenvalue weighted by atomic mass is 9.92. The van der Waals surface area contributed by atoms with Crippen molar-refractivity contribution in [1.29, 1.82) is 0 Å². The Hall–Kier alpha value is -1.44. The van der Waals surface area contributed by atoms with Gasteiger partial charge in [-0.1, -0.05) is 24.9 Å². The second-order valence-corrected chi connectivity index (χ2v) is 11.7. The predicted molar refractivity (Wildman–Crippen MR) is 144 cm³/mol. The number of benzene rings is 1. The molecule has 3 rings (SSSR count). The van der Waals surface area contributed by atoms with Crippen LogP contribution >= 0.6 is 23.4 Å². The number of hydrogen-bond donors (Lipinski definition) is 5. The Balaban J connectivity index is 1.58. The zero-order chi connectivity index (χ0) is 28.0. The van der Waals surface area contributed by atoms with Crippen molar-refractivity contribution in [2.75, 3.05) is 26.0 Å². The standard InChI is InChI=1S/C26H39ClN2O8S/c1-4-5-15-12-18(29(3)13-15)24(34)28-19(14(2)30)23-21(32)20(31)22(33)26(37-23)38-11-10-36-25(35)16-6-8-17(27)9-7-16/h6-9,14-15,18-23,26,30-33H,4-5,10-13H2,1-3H3,(H,28,34)/t14-,15-,18+,19-,20+,21-,22-,23-,26-/m1/s1. The maximum atomic E-state index is 13.1. The number of nitrogens with one attached hydrogen (secondary N) is 1. The number of aliphatic hydroxyl groups is 4. The summed E-state index contributed by atoms with van der Waals surface area (Å²) in [5, 5.41) is 45.5. The molecule has 5 N–H and O–H groups in total. The van der Waals surface area contributed by atoms with Crippen LogP contribution in [0.4, 0.5) is 0 Å². The summed E-state index contributed by atoms with van der Waals surface area (Å²) in [6, 6.07) is 4.86. The van der Waals surface area contributed by atoms with Gasteiger partial charge in [0.2, 0.25) is 5.91 Å². The van der Waals surface area contributed by atoms with E-state index in [4.69, 9.17) is 21.1 Å². The molecular weight excluding hydrogens is 536 g/mol. The lowest BCUT2D eigenvalue weighted by Crippen LogP contribution is -2.65. The summed E-state index contributed by atoms with van der Waals surface area (Å²) in [7, 11) is 1.88. The molecule has 0 saturated carbocycles. The van der Waals surface area contributed by atoms with Crippen molar-refractivity contribution in [3.8, 4) is 0 Å². The van der Waals surface area contributed by atoms with Gasteiger partial charge in [-0.25, -0.2) is 4.79 Å². The molecule has 0 bridgehead atoms. The summed E-state index contributed by atoms with van der Waals surface area (Å²) in [6.07, 6.45) is -4.07. The van der Waals surface area contributed by atoms with Crippen LogP contribution in [0.15, 0.2) is 24.3 Å². The number of rotatable bonds is 11. The molecule has 1 amide bonds. The van der Waals surface area contributed by atoms with E-state index < -0.39 is 48.0 Å². The van der Waals surface area contributed by atoms with E-state index in [1.807, 2.05) is 11.9 Å². The first-order chi connectivity index (χ1) is 18.0. The van der Waals surface area contributed by atoms with Crippen LogP contribution in [0.1, 0.15) is 43.5 Å². The van der Waals surface area contributed by atoms with Gasteiger partial charge in [-0.15, -0.1) is 11.8 Å². The highest BCUT2D eigenvalue weighted by atomic mass is 35.5. The molecule has 2 aliphatic rings. The smallest absolute Gasteiger partial charge is 0.338 e. The minimum atomic E-state index is -1.57. The second-order valence-electron chi connectivity index (χ2n) is 10.1. The van der Waals surface area contributed by atoms with Gasteiger partial charge in [0, 0.05) is 17.3 Å². The second kappa shape index (κ2) is 14.3. The summed E-state index contributed by atoms with van der Waals surface area (Å²) in [5.74, 6) is -0.176. The summed E-state index contributed by atoms with van der Waals surface area (Å²) in [6.45, 7) is 4.39. The van der Waals surface area contributed by atoms with E-state index >= 15 is 0 Å². The fourth-order valence-electron chi connectivity index (χ4n) is 5.04. The number of halogens is 1. The van der Waals surface area contributed by atoms with Crippen molar-refractivity contribution < 1.29 is 39.5 Å². The first-order valence-corrected chi connectivity index (χ1v) is 14.4. The normalized spacial score (nSPS) is 31.5. The Morgan fingerprint density at radius 3 is 2.53 bits per heavy atom. The molecule has 10 nitrogen and oxygen atoms in total. The molecule has 0 aliphatic carbocycles. The van der Waals surface area contributed by atoms with Gasteiger partial charge in [0.15, 0.2) is 0 Å². The molecule has 2 saturated heterocycles. The molecule has 38 heavy (non-hydrogen) atoms. The van der Waals surface area contributed by atoms with E-state index in [2.05, 4.69) is 12.2 Å². The third-order valence-electron chi connectivity index (χ3n) is 7.10. The van der Waals surface area contributed by atoms with Gasteiger partial charge in [-0.3, -0.25) is 9.69 Å². The van der Waals surface area contributed by atoms with Crippen LogP contribution < -0.4 is 5.32 Å². The van der Waals surface area contributed by atoms with Crippen LogP contribution in [0.3, 0.4) is 0 Å². The number of ether oxygens (including phenoxy) is 2. The highest BCUT2D eigenvalue weighted by Crippen LogP contribution is 2.31. The van der Waals surface area contributed by atoms with E-state index in [9.17, 15) is 30.0 Å². The zero-order valence-corrected chi connectivity index (χ0v) is 23.5. The number of likely N-dealkylation sites (tertiary alicyclic amines) is 1. The SMILES string of the molecule is CCC[C@@H]1C[C@@H](C(=O)N[C@@H]([C@H]2O[C@H](SCCOC(=O)c3ccc(Cl)cc3)[C@H](O)[C@@H](O)[C@H]2O)[C@@H](C)O)N(C)C1. The van der Waals surface area contributed by atoms with E-state index in [-0.39, 0.29) is 24.3 Å². The number of nitrogens with zero attached hydrogens (tertiary/aromatic N) is 1. The fourth-order valence-corrected chi connectivity index (χ4v) is 6.15. The van der Waals surface area contributed by atoms with Crippen molar-refractivity contribution in [2.45, 2.75) is 81.1 Å². The molecule has 2 fully saturated rings. The van der Waals surface area contributed by atoms with Crippen molar-refractivity contribution >= 4 is 35.2 Å². The predicted octanol–water partition coefficient (Wildman–Crippen LogP) is 1.02. The average molecular weight is 575 g/mol. The Morgan fingerprint density at radius 2 is 1.89 bits per heavy atom. The third kappa shape index (κ3) is 7.82. The largest absolute Gasteiger partial charge is 0.461 e. The van der Waals surface area contributed by atoms with Crippen molar-refractivity contribution in [3.05, 3.63) is 34.9 Å². The van der Waals surface area contributed by atoms with E-state index in [1.165, 1.54) is 6.92 Å². The molecule has 0 unspecified atom stereocenters. The highest BCUT2D eigenvalue weighted by molar-refractivity contribution is 7.99. The molecule has 0 radical (unpaired) electrons. The lowest BCUT2D eigenvalue weighted by molar-refractivity contribution is -0.211. The molecular formula is C26H39ClN2O8S. The number of esters is 1. The molecule has 1 aromatic carbocycles. The molecule has 1 aromatic rings. The topological polar surface area (TPSA) is 149 Å². The number of aliphatic hydroxyl groups excluding tert-OH is 4. The molecule has 0 spiro atoms. The number of hydrogen-bond acceptors (Lipinski definition) is 10. The Bertz CT molecular complexity index is 923. The van der Waals surface area contributed by atoms with Crippen LogP contribution in [-0.2, 0) is 14.3 Å². The maximum absolute atomic E-state index is 13.1. The number of likely N-dealkylation sites (N-methyl/N-ethyl adjacent to an activating group) is 1. The van der Waals surface area contributed by atoms with Crippen LogP contribution in [-0.4, -0.2) is 111 Å². The van der Waals surface area contributed by atoms with E-state index in [0.717, 1.165) is 31.1 Å². The number of thioether (sulfide) groups is 1. The third-order valence-corrected chi connectivity index (χ3v) is 8.47. The van der Waals surface area contributed by atoms with Gasteiger partial charge in [0.05, 0.1) is 23.8 Å². The van der Waals surface area contributed by atoms with Crippen molar-refractivity contribution in [3.63, 3.8) is 0 Å². The molecule has 2 aliphatic heterocycles. The minimum absolute atomic E-state index is 0.00549. The lowest BCUT2D eigenvalue weighted by Gasteiger charge is -2.44. The first kappa shape index (κ1) is 31.1. The van der Waals surface area contributed by atoms with Crippen LogP contribution in [0, 0.1) is 5.92 Å². The first-order valence-electron chi connectivity index (χ1n) is 13.0. The van der Waals surface area contributed by atoms with Crippen molar-refractivity contribution in [1.82, 2.24) is 10.2 Å². The van der Waals surface area contributed by atoms with Crippen LogP contribution in [0.25, 0.3) is 0 Å². The molecule has 9 atom stereocenters. The molecule has 12 heteroatoms. The Kier molecular flexibility index (Phi) is 11.7. The minimum Gasteiger partial charge on any atom is -0.461 e. The number of amides is 1. The van der Waals surface area contributed by atoms with Gasteiger partial charge in [0.1, 0.15) is 36.5 Å². The summed E-state index contributed by atoms with van der Waals surface area (Å²) >= 11 is 6.92. The quantitative estimate of drug-likeness (QED) is 0.192. The monoisotopic (exact) mass is 574 g/mol. The van der Waals surface area contributed by atoms with E-state index in [1.54, 1.807) is 24.3 Å². The number of carbonyl (C=O) groups excluding carboxylic acids is 2. The summed E-state index contributed by atoms with van der Waals surface area (Å²) in [4.78, 5) is 27.3. The summed E-state index contributed by atoms with van der Waals surface area (Å²) in [5.41, 5.74) is -0.648. The summed E-state index contributed by atoms with van der Waals surface area (Å²) < 4.78 is 11.2. The van der Waals surface area contributed by atoms with Gasteiger partial charge in [-0.2, -0.15) is 0 Å². The van der Waals surface area contributed by atoms with Crippen LogP contribution in [0.5, 0.6) is 0 Å². The van der Waals surface area contributed by atoms with Gasteiger partial charge >= 0.3 is 5.97 Å². The Labute approximate surface area is 232 Å². The fraction of sp³-hybridized carbons (Fsp3) is 0.692. The zero-order valence-electron chi connectivity index (χ0n) is 21.9. The van der Waals surface area contributed by atoms with Crippen molar-refractivity contribution in [2.24, 2.45) is 5.92 Å². The van der Waals surface area contributed by atoms with Crippen LogP contribution in [0.2, 0.25) is 5.02 Å². The number of carbonyl (C=O) groups is 2. The Morgan fingerprint density at radius 1 is 1.21 bits per heavy atom. The van der Waals surface area contributed by atoms with Gasteiger partial charge < -0.3 is 35.2 Å². The maximum Gasteiger partial charge on any atom is 0.338 e. The van der Waals surface area contributed by atoms with Gasteiger partial charge in [0.25, 0.3) is 0 Å². The highest BCUT2D eigenvalue weighted by Gasteiger charge is 2.48. The molecule has 2 heterocycles. The average Bonchev–Trinajstić information content (AvgIpc) is 3.25. The van der Waals surface area contributed by atoms with E-state index in [0.29, 0.717) is 22.9 Å². The molecule has 214 valence electrons.